The van der Waals surface area contributed by atoms with Gasteiger partial charge in [0, 0.05) is 10.7 Å². The molecule has 12 nitrogen and oxygen atoms in total. The topological polar surface area (TPSA) is 157 Å². The summed E-state index contributed by atoms with van der Waals surface area (Å²) < 4.78 is 50.6. The van der Waals surface area contributed by atoms with Crippen molar-refractivity contribution in [2.24, 2.45) is 0 Å². The van der Waals surface area contributed by atoms with Crippen molar-refractivity contribution in [3.8, 4) is 0 Å². The van der Waals surface area contributed by atoms with Crippen molar-refractivity contribution in [2.75, 3.05) is 17.2 Å². The van der Waals surface area contributed by atoms with Gasteiger partial charge in [0.1, 0.15) is 13.2 Å². The fourth-order valence-electron chi connectivity index (χ4n) is 4.06. The molecule has 0 saturated heterocycles. The number of halogens is 1. The number of hydrogen-bond donors (Lipinski definition) is 2. The van der Waals surface area contributed by atoms with Crippen LogP contribution in [0.4, 0.5) is 25.8 Å². The Morgan fingerprint density at radius 2 is 1.48 bits per heavy atom. The second-order valence-corrected chi connectivity index (χ2v) is 12.3. The molecule has 4 aromatic carbocycles. The molecule has 0 heterocycles. The van der Waals surface area contributed by atoms with Crippen molar-refractivity contribution in [1.82, 2.24) is 4.31 Å². The van der Waals surface area contributed by atoms with Crippen molar-refractivity contribution in [3.63, 3.8) is 0 Å². The molecule has 0 saturated carbocycles. The molecule has 4 rings (SSSR count). The van der Waals surface area contributed by atoms with E-state index < -0.39 is 39.1 Å². The van der Waals surface area contributed by atoms with Crippen molar-refractivity contribution in [2.45, 2.75) is 37.9 Å². The molecular weight excluding hydrogens is 662 g/mol. The van der Waals surface area contributed by atoms with Crippen LogP contribution in [0.15, 0.2) is 108 Å². The van der Waals surface area contributed by atoms with Crippen LogP contribution in [0.1, 0.15) is 42.6 Å². The Bertz CT molecular complexity index is 1910. The molecule has 0 radical (unpaired) electrons. The van der Waals surface area contributed by atoms with Gasteiger partial charge >= 0.3 is 24.2 Å². The first-order valence-corrected chi connectivity index (χ1v) is 16.4. The predicted molar refractivity (Wildman–Crippen MR) is 178 cm³/mol. The Labute approximate surface area is 284 Å². The Morgan fingerprint density at radius 3 is 2.17 bits per heavy atom. The van der Waals surface area contributed by atoms with Gasteiger partial charge in [-0.2, -0.15) is 0 Å². The van der Waals surface area contributed by atoms with Crippen LogP contribution in [0.2, 0.25) is 5.02 Å². The number of benzene rings is 4. The summed E-state index contributed by atoms with van der Waals surface area (Å²) in [6.45, 7) is 1.48. The van der Waals surface area contributed by atoms with Gasteiger partial charge in [0.2, 0.25) is 0 Å². The van der Waals surface area contributed by atoms with E-state index >= 15 is 0 Å². The molecule has 0 aliphatic rings. The number of anilines is 2. The first-order valence-electron chi connectivity index (χ1n) is 15.1. The number of esters is 1. The van der Waals surface area contributed by atoms with E-state index in [-0.39, 0.29) is 52.1 Å². The molecule has 2 N–H and O–H groups in total. The Hall–Kier alpha value is -5.40. The van der Waals surface area contributed by atoms with Crippen molar-refractivity contribution >= 4 is 57.2 Å². The number of carbonyl (C=O) groups is 4. The third-order valence-electron chi connectivity index (χ3n) is 6.51. The monoisotopic (exact) mass is 695 g/mol. The number of nitrogens with zero attached hydrogens (tertiary/aromatic N) is 1. The molecule has 0 aliphatic heterocycles. The highest BCUT2D eigenvalue weighted by atomic mass is 35.5. The maximum Gasteiger partial charge on any atom is 0.432 e. The van der Waals surface area contributed by atoms with Crippen molar-refractivity contribution in [3.05, 3.63) is 125 Å². The van der Waals surface area contributed by atoms with Gasteiger partial charge in [0.15, 0.2) is 0 Å². The summed E-state index contributed by atoms with van der Waals surface area (Å²) in [5, 5.41) is 4.83. The maximum atomic E-state index is 13.7. The summed E-state index contributed by atoms with van der Waals surface area (Å²) in [7, 11) is -4.91. The summed E-state index contributed by atoms with van der Waals surface area (Å²) in [5.41, 5.74) is 1.08. The molecule has 0 fully saturated rings. The van der Waals surface area contributed by atoms with Crippen molar-refractivity contribution < 1.29 is 43.2 Å². The first-order chi connectivity index (χ1) is 23.5. The molecule has 4 amide bonds. The SMILES string of the molecule is [3H]c1cccc(COC(=O)Nc2ccc(S(=O)(=O)N(C(=O)Nc3cc(Cl)ccc3C(=O)OCc3ccccc3)C(=O)OCCCC)cc2)c1. The van der Waals surface area contributed by atoms with Crippen LogP contribution in [0.25, 0.3) is 0 Å². The van der Waals surface area contributed by atoms with Gasteiger partial charge in [-0.1, -0.05) is 85.6 Å². The number of carbonyl (C=O) groups excluding carboxylic acids is 4. The van der Waals surface area contributed by atoms with Crippen LogP contribution >= 0.6 is 11.6 Å². The summed E-state index contributed by atoms with van der Waals surface area (Å²) in [6, 6.07) is 22.6. The summed E-state index contributed by atoms with van der Waals surface area (Å²) in [6.07, 6.45) is -1.30. The van der Waals surface area contributed by atoms with Crippen LogP contribution < -0.4 is 10.6 Å². The third-order valence-corrected chi connectivity index (χ3v) is 8.41. The van der Waals surface area contributed by atoms with Gasteiger partial charge < -0.3 is 19.5 Å². The summed E-state index contributed by atoms with van der Waals surface area (Å²) in [4.78, 5) is 51.4. The number of ether oxygens (including phenoxy) is 3. The fourth-order valence-corrected chi connectivity index (χ4v) is 5.43. The van der Waals surface area contributed by atoms with E-state index in [1.54, 1.807) is 48.5 Å². The highest BCUT2D eigenvalue weighted by Crippen LogP contribution is 2.26. The maximum absolute atomic E-state index is 13.7. The van der Waals surface area contributed by atoms with E-state index in [2.05, 4.69) is 10.6 Å². The first kappa shape index (κ1) is 33.9. The van der Waals surface area contributed by atoms with E-state index in [1.165, 1.54) is 36.4 Å². The lowest BCUT2D eigenvalue weighted by atomic mass is 10.1. The van der Waals surface area contributed by atoms with E-state index in [0.717, 1.165) is 12.1 Å². The third kappa shape index (κ3) is 9.80. The number of sulfonamides is 1. The largest absolute Gasteiger partial charge is 0.457 e. The predicted octanol–water partition coefficient (Wildman–Crippen LogP) is 7.61. The lowest BCUT2D eigenvalue weighted by molar-refractivity contribution is 0.0474. The number of imide groups is 1. The molecule has 4 aromatic rings. The van der Waals surface area contributed by atoms with Gasteiger partial charge in [-0.3, -0.25) is 5.32 Å². The smallest absolute Gasteiger partial charge is 0.432 e. The van der Waals surface area contributed by atoms with E-state index in [1.807, 2.05) is 6.92 Å². The van der Waals surface area contributed by atoms with Crippen molar-refractivity contribution in [1.29, 1.82) is 0 Å². The molecule has 250 valence electrons. The number of urea groups is 1. The van der Waals surface area contributed by atoms with Crippen LogP contribution in [0.3, 0.4) is 0 Å². The highest BCUT2D eigenvalue weighted by molar-refractivity contribution is 7.90. The number of amides is 4. The average molecular weight is 696 g/mol. The minimum absolute atomic E-state index is 0.0810. The van der Waals surface area contributed by atoms with Gasteiger partial charge in [-0.15, -0.1) is 4.31 Å². The van der Waals surface area contributed by atoms with E-state index in [4.69, 9.17) is 27.2 Å². The standard InChI is InChI=1S/C34H32ClN3O9S/c1-2-3-20-45-34(42)38(32(40)37-30-21-26(35)14-19-29(30)31(39)46-22-24-10-6-4-7-11-24)48(43,44)28-17-15-27(16-18-28)36-33(41)47-23-25-12-8-5-9-13-25/h4-19,21H,2-3,20,22-23H2,1H3,(H,36,41)(H,37,40)/i8T. The minimum atomic E-state index is -4.91. The van der Waals surface area contributed by atoms with Gasteiger partial charge in [-0.05, 0) is 60.0 Å². The molecule has 0 spiro atoms. The summed E-state index contributed by atoms with van der Waals surface area (Å²) >= 11 is 6.12. The van der Waals surface area contributed by atoms with E-state index in [9.17, 15) is 27.6 Å². The molecule has 0 aromatic heterocycles. The van der Waals surface area contributed by atoms with Crippen LogP contribution in [-0.2, 0) is 37.4 Å². The second kappa shape index (κ2) is 17.0. The van der Waals surface area contributed by atoms with Crippen LogP contribution in [-0.4, -0.2) is 43.5 Å². The quantitative estimate of drug-likeness (QED) is 0.0865. The highest BCUT2D eigenvalue weighted by Gasteiger charge is 2.37. The van der Waals surface area contributed by atoms with Gasteiger partial charge in [0.25, 0.3) is 10.0 Å². The molecule has 48 heavy (non-hydrogen) atoms. The Morgan fingerprint density at radius 1 is 0.812 bits per heavy atom. The molecule has 0 bridgehead atoms. The number of rotatable bonds is 12. The van der Waals surface area contributed by atoms with Gasteiger partial charge in [-0.25, -0.2) is 27.6 Å². The van der Waals surface area contributed by atoms with Crippen LogP contribution in [0.5, 0.6) is 0 Å². The molecule has 14 heteroatoms. The Kier molecular flexibility index (Phi) is 12.0. The van der Waals surface area contributed by atoms with Crippen LogP contribution in [0, 0.1) is 0 Å². The zero-order chi connectivity index (χ0) is 35.4. The number of hydrogen-bond acceptors (Lipinski definition) is 9. The Balaban J connectivity index is 1.52. The number of nitrogens with one attached hydrogen (secondary N) is 2. The summed E-state index contributed by atoms with van der Waals surface area (Å²) in [5.74, 6) is -0.845. The molecule has 0 unspecified atom stereocenters. The second-order valence-electron chi connectivity index (χ2n) is 10.1. The molecular formula is C34H32ClN3O9S. The molecule has 0 aliphatic carbocycles. The lowest BCUT2D eigenvalue weighted by Gasteiger charge is -2.21. The number of unbranched alkanes of at least 4 members (excludes halogenated alkanes) is 1. The van der Waals surface area contributed by atoms with Gasteiger partial charge in [0.05, 0.1) is 24.1 Å². The fraction of sp³-hybridized carbons (Fsp3) is 0.176. The average Bonchev–Trinajstić information content (AvgIpc) is 3.07. The zero-order valence-electron chi connectivity index (χ0n) is 26.7. The normalized spacial score (nSPS) is 11.1. The lowest BCUT2D eigenvalue weighted by Crippen LogP contribution is -2.44. The molecule has 0 atom stereocenters. The van der Waals surface area contributed by atoms with E-state index in [0.29, 0.717) is 24.0 Å². The minimum Gasteiger partial charge on any atom is -0.457 e. The zero-order valence-corrected chi connectivity index (χ0v) is 27.3.